The van der Waals surface area contributed by atoms with E-state index in [0.29, 0.717) is 5.17 Å². The first kappa shape index (κ1) is 10.9. The van der Waals surface area contributed by atoms with Gasteiger partial charge in [0.15, 0.2) is 0 Å². The molecule has 0 spiro atoms. The molecule has 0 aliphatic carbocycles. The molecule has 1 aromatic carbocycles. The number of benzene rings is 1. The van der Waals surface area contributed by atoms with E-state index in [1.165, 1.54) is 3.07 Å². The molecule has 0 unspecified atom stereocenters. The molecule has 0 amide bonds. The molecule has 0 heterocycles. The summed E-state index contributed by atoms with van der Waals surface area (Å²) in [7, 11) is 3.81. The average molecular weight is 382 g/mol. The first-order valence-corrected chi connectivity index (χ1v) is 9.48. The molecule has 0 N–H and O–H groups in total. The van der Waals surface area contributed by atoms with Crippen molar-refractivity contribution in [2.45, 2.75) is 0 Å². The summed E-state index contributed by atoms with van der Waals surface area (Å²) in [6.07, 6.45) is 0. The van der Waals surface area contributed by atoms with Crippen molar-refractivity contribution in [3.8, 4) is 0 Å². The number of thiocarbonyl (C=S) groups is 1. The molecule has 1 aromatic rings. The Morgan fingerprint density at radius 1 is 1.31 bits per heavy atom. The van der Waals surface area contributed by atoms with Gasteiger partial charge in [-0.05, 0) is 0 Å². The third-order valence-electron chi connectivity index (χ3n) is 1.57. The Bertz CT molecular complexity index is 276. The summed E-state index contributed by atoms with van der Waals surface area (Å²) in [6.45, 7) is 0. The van der Waals surface area contributed by atoms with Crippen LogP contribution in [0.3, 0.4) is 0 Å². The van der Waals surface area contributed by atoms with Gasteiger partial charge >= 0.3 is 97.5 Å². The Morgan fingerprint density at radius 2 is 1.92 bits per heavy atom. The van der Waals surface area contributed by atoms with Gasteiger partial charge in [0.2, 0.25) is 0 Å². The van der Waals surface area contributed by atoms with Gasteiger partial charge in [-0.3, -0.25) is 0 Å². The fourth-order valence-electron chi connectivity index (χ4n) is 0.848. The van der Waals surface area contributed by atoms with Crippen molar-refractivity contribution in [3.63, 3.8) is 0 Å². The van der Waals surface area contributed by atoms with E-state index < -0.39 is 25.0 Å². The normalized spacial score (nSPS) is 8.77. The van der Waals surface area contributed by atoms with Gasteiger partial charge in [-0.15, -0.1) is 0 Å². The van der Waals surface area contributed by atoms with Crippen LogP contribution in [0.5, 0.6) is 0 Å². The molecule has 66 valence electrons. The first-order valence-electron chi connectivity index (χ1n) is 4.08. The van der Waals surface area contributed by atoms with Gasteiger partial charge in [0.1, 0.15) is 0 Å². The first-order chi connectivity index (χ1) is 6.20. The molecule has 0 bridgehead atoms. The molecular formula is C9H11HgNOS. The molecule has 0 aliphatic rings. The van der Waals surface area contributed by atoms with Crippen LogP contribution in [-0.2, 0) is 27.7 Å². The summed E-state index contributed by atoms with van der Waals surface area (Å²) < 4.78 is 6.92. The molecule has 0 fully saturated rings. The Kier molecular flexibility index (Phi) is 4.66. The molecule has 4 heteroatoms. The topological polar surface area (TPSA) is 12.5 Å². The van der Waals surface area contributed by atoms with Gasteiger partial charge in [-0.25, -0.2) is 0 Å². The van der Waals surface area contributed by atoms with Gasteiger partial charge in [-0.2, -0.15) is 0 Å². The second kappa shape index (κ2) is 5.55. The van der Waals surface area contributed by atoms with E-state index in [1.54, 1.807) is 0 Å². The van der Waals surface area contributed by atoms with Crippen LogP contribution in [0.1, 0.15) is 0 Å². The average Bonchev–Trinajstić information content (AvgIpc) is 2.15. The molecule has 0 atom stereocenters. The Hall–Kier alpha value is -0.155. The minimum atomic E-state index is -1.42. The van der Waals surface area contributed by atoms with Crippen LogP contribution in [0.15, 0.2) is 30.3 Å². The van der Waals surface area contributed by atoms with Crippen molar-refractivity contribution in [1.29, 1.82) is 0 Å². The Labute approximate surface area is 97.0 Å². The molecule has 1 rings (SSSR count). The SMILES string of the molecule is CN(C)C(=S)[O][Hg][c]1ccccc1. The summed E-state index contributed by atoms with van der Waals surface area (Å²) >= 11 is 3.62. The van der Waals surface area contributed by atoms with E-state index in [4.69, 9.17) is 14.9 Å². The fraction of sp³-hybridized carbons (Fsp3) is 0.222. The van der Waals surface area contributed by atoms with Crippen molar-refractivity contribution in [2.24, 2.45) is 0 Å². The van der Waals surface area contributed by atoms with Crippen molar-refractivity contribution in [3.05, 3.63) is 30.3 Å². The molecule has 2 nitrogen and oxygen atoms in total. The maximum atomic E-state index is 5.57. The Morgan fingerprint density at radius 3 is 2.46 bits per heavy atom. The summed E-state index contributed by atoms with van der Waals surface area (Å²) in [5.74, 6) is 0. The van der Waals surface area contributed by atoms with E-state index in [9.17, 15) is 0 Å². The van der Waals surface area contributed by atoms with Crippen LogP contribution in [0.2, 0.25) is 0 Å². The molecule has 0 aromatic heterocycles. The second-order valence-electron chi connectivity index (χ2n) is 2.93. The van der Waals surface area contributed by atoms with E-state index in [-0.39, 0.29) is 0 Å². The van der Waals surface area contributed by atoms with Crippen LogP contribution in [0.4, 0.5) is 0 Å². The van der Waals surface area contributed by atoms with Crippen LogP contribution in [0.25, 0.3) is 0 Å². The number of hydrogen-bond donors (Lipinski definition) is 0. The second-order valence-corrected chi connectivity index (χ2v) is 8.70. The van der Waals surface area contributed by atoms with Crippen LogP contribution < -0.4 is 3.07 Å². The predicted octanol–water partition coefficient (Wildman–Crippen LogP) is 1.17. The number of hydrogen-bond acceptors (Lipinski definition) is 2. The van der Waals surface area contributed by atoms with Crippen LogP contribution in [-0.4, -0.2) is 24.2 Å². The monoisotopic (exact) mass is 383 g/mol. The van der Waals surface area contributed by atoms with E-state index in [1.807, 2.05) is 37.2 Å². The van der Waals surface area contributed by atoms with Crippen molar-refractivity contribution >= 4 is 20.5 Å². The zero-order valence-corrected chi connectivity index (χ0v) is 14.2. The summed E-state index contributed by atoms with van der Waals surface area (Å²) in [5, 5.41) is 0.616. The standard InChI is InChI=1S/C6H5.C3H7NOS.Hg/c1-2-4-6-5-3-1;1-4(2)3(5)6;/h1-5H;1-2H3,(H,5,6);/q;;+1/p-1. The minimum absolute atomic E-state index is 0.616. The summed E-state index contributed by atoms with van der Waals surface area (Å²) in [4.78, 5) is 1.83. The molecule has 0 radical (unpaired) electrons. The third-order valence-corrected chi connectivity index (χ3v) is 7.62. The van der Waals surface area contributed by atoms with E-state index >= 15 is 0 Å². The van der Waals surface area contributed by atoms with Crippen LogP contribution >= 0.6 is 12.2 Å². The summed E-state index contributed by atoms with van der Waals surface area (Å²) in [5.41, 5.74) is 0. The maximum absolute atomic E-state index is 5.57. The molecule has 0 saturated heterocycles. The molecule has 13 heavy (non-hydrogen) atoms. The van der Waals surface area contributed by atoms with Gasteiger partial charge in [0, 0.05) is 0 Å². The molecule has 0 aliphatic heterocycles. The Balaban J connectivity index is 2.40. The van der Waals surface area contributed by atoms with Crippen molar-refractivity contribution in [2.75, 3.05) is 14.1 Å². The zero-order chi connectivity index (χ0) is 9.68. The van der Waals surface area contributed by atoms with Crippen molar-refractivity contribution < 1.29 is 27.7 Å². The van der Waals surface area contributed by atoms with Crippen molar-refractivity contribution in [1.82, 2.24) is 4.90 Å². The third kappa shape index (κ3) is 4.05. The van der Waals surface area contributed by atoms with Gasteiger partial charge in [-0.1, -0.05) is 0 Å². The summed E-state index contributed by atoms with van der Waals surface area (Å²) in [6, 6.07) is 10.3. The molecule has 0 saturated carbocycles. The number of nitrogens with zero attached hydrogens (tertiary/aromatic N) is 1. The van der Waals surface area contributed by atoms with Crippen LogP contribution in [0, 0.1) is 0 Å². The molecular weight excluding hydrogens is 371 g/mol. The van der Waals surface area contributed by atoms with Gasteiger partial charge in [0.25, 0.3) is 0 Å². The van der Waals surface area contributed by atoms with E-state index in [2.05, 4.69) is 12.1 Å². The van der Waals surface area contributed by atoms with Gasteiger partial charge < -0.3 is 0 Å². The predicted molar refractivity (Wildman–Crippen MR) is 53.4 cm³/mol. The zero-order valence-electron chi connectivity index (χ0n) is 7.86. The van der Waals surface area contributed by atoms with E-state index in [0.717, 1.165) is 0 Å². The van der Waals surface area contributed by atoms with Gasteiger partial charge in [0.05, 0.1) is 0 Å². The fourth-order valence-corrected chi connectivity index (χ4v) is 5.30. The number of rotatable bonds is 2. The quantitative estimate of drug-likeness (QED) is 0.564.